The topological polar surface area (TPSA) is 108 Å². The van der Waals surface area contributed by atoms with Gasteiger partial charge in [0.25, 0.3) is 5.91 Å². The fourth-order valence-corrected chi connectivity index (χ4v) is 4.32. The molecule has 1 unspecified atom stereocenters. The van der Waals surface area contributed by atoms with Gasteiger partial charge in [0.05, 0.1) is 4.91 Å². The minimum Gasteiger partial charge on any atom is -0.481 e. The average Bonchev–Trinajstić information content (AvgIpc) is 3.24. The first-order chi connectivity index (χ1) is 14.2. The minimum absolute atomic E-state index is 0.0741. The lowest BCUT2D eigenvalue weighted by Crippen LogP contribution is -2.44. The van der Waals surface area contributed by atoms with Crippen molar-refractivity contribution in [1.82, 2.24) is 4.90 Å². The molecular weight excluding hydrogens is 426 g/mol. The van der Waals surface area contributed by atoms with Crippen LogP contribution >= 0.6 is 24.0 Å². The van der Waals surface area contributed by atoms with E-state index in [0.717, 1.165) is 27.8 Å². The summed E-state index contributed by atoms with van der Waals surface area (Å²) in [5.41, 5.74) is 3.21. The number of amides is 1. The Bertz CT molecular complexity index is 1070. The first-order valence-corrected chi connectivity index (χ1v) is 10.3. The molecule has 1 fully saturated rings. The van der Waals surface area contributed by atoms with Gasteiger partial charge in [-0.15, -0.1) is 0 Å². The van der Waals surface area contributed by atoms with Gasteiger partial charge in [-0.3, -0.25) is 14.5 Å². The van der Waals surface area contributed by atoms with Crippen LogP contribution in [0.3, 0.4) is 0 Å². The van der Waals surface area contributed by atoms with Crippen molar-refractivity contribution in [3.63, 3.8) is 0 Å². The lowest BCUT2D eigenvalue weighted by Gasteiger charge is -2.22. The van der Waals surface area contributed by atoms with E-state index in [1.807, 2.05) is 32.0 Å². The quantitative estimate of drug-likeness (QED) is 0.485. The van der Waals surface area contributed by atoms with Crippen LogP contribution in [0.1, 0.15) is 29.7 Å². The summed E-state index contributed by atoms with van der Waals surface area (Å²) in [4.78, 5) is 36.3. The summed E-state index contributed by atoms with van der Waals surface area (Å²) in [5.74, 6) is -1.95. The van der Waals surface area contributed by atoms with Crippen LogP contribution in [-0.4, -0.2) is 43.3 Å². The maximum atomic E-state index is 12.8. The summed E-state index contributed by atoms with van der Waals surface area (Å²) in [7, 11) is 0. The highest BCUT2D eigenvalue weighted by Crippen LogP contribution is 2.35. The second-order valence-corrected chi connectivity index (χ2v) is 8.51. The second kappa shape index (κ2) is 8.85. The zero-order valence-corrected chi connectivity index (χ0v) is 17.9. The summed E-state index contributed by atoms with van der Waals surface area (Å²) < 4.78 is 5.91. The van der Waals surface area contributed by atoms with Crippen molar-refractivity contribution in [3.8, 4) is 11.3 Å². The number of carbonyl (C=O) groups excluding carboxylic acids is 1. The van der Waals surface area contributed by atoms with Crippen LogP contribution in [0.2, 0.25) is 0 Å². The highest BCUT2D eigenvalue weighted by molar-refractivity contribution is 8.26. The molecule has 156 valence electrons. The van der Waals surface area contributed by atoms with E-state index < -0.39 is 23.9 Å². The van der Waals surface area contributed by atoms with E-state index in [-0.39, 0.29) is 22.1 Å². The van der Waals surface area contributed by atoms with E-state index in [4.69, 9.17) is 21.7 Å². The van der Waals surface area contributed by atoms with E-state index in [9.17, 15) is 19.5 Å². The van der Waals surface area contributed by atoms with Gasteiger partial charge in [0.1, 0.15) is 21.9 Å². The molecule has 1 aromatic heterocycles. The number of carboxylic acids is 2. The van der Waals surface area contributed by atoms with Crippen molar-refractivity contribution in [3.05, 3.63) is 52.1 Å². The van der Waals surface area contributed by atoms with Crippen molar-refractivity contribution in [2.24, 2.45) is 0 Å². The third-order valence-electron chi connectivity index (χ3n) is 4.74. The number of aliphatic carboxylic acids is 2. The molecule has 2 aromatic rings. The van der Waals surface area contributed by atoms with E-state index in [0.29, 0.717) is 11.5 Å². The van der Waals surface area contributed by atoms with Crippen LogP contribution in [0.5, 0.6) is 0 Å². The Balaban J connectivity index is 1.83. The molecule has 1 amide bonds. The number of aryl methyl sites for hydroxylation is 2. The number of hydrogen-bond acceptors (Lipinski definition) is 6. The summed E-state index contributed by atoms with van der Waals surface area (Å²) in [5, 5.41) is 18.3. The molecule has 1 aromatic carbocycles. The Morgan fingerprint density at radius 3 is 2.57 bits per heavy atom. The molecular formula is C21H19NO6S2. The first kappa shape index (κ1) is 21.8. The predicted octanol–water partition coefficient (Wildman–Crippen LogP) is 4.08. The van der Waals surface area contributed by atoms with Gasteiger partial charge in [-0.1, -0.05) is 36.1 Å². The fourth-order valence-electron chi connectivity index (χ4n) is 2.98. The highest BCUT2D eigenvalue weighted by Gasteiger charge is 2.40. The van der Waals surface area contributed by atoms with Gasteiger partial charge in [-0.2, -0.15) is 0 Å². The highest BCUT2D eigenvalue weighted by atomic mass is 32.2. The van der Waals surface area contributed by atoms with Crippen LogP contribution < -0.4 is 0 Å². The number of carboxylic acid groups (broad SMARTS) is 2. The normalized spacial score (nSPS) is 16.3. The van der Waals surface area contributed by atoms with E-state index in [1.54, 1.807) is 12.1 Å². The standard InChI is InChI=1S/C21H19NO6S2/c1-11-3-4-13(9-12(11)2)16-7-5-14(28-16)10-17-19(25)22(21(29)30-17)15(20(26)27)6-8-18(23)24/h3-5,7,9-10,15H,6,8H2,1-2H3,(H,23,24)(H,26,27)/b17-10-. The molecule has 1 saturated heterocycles. The maximum absolute atomic E-state index is 12.8. The zero-order chi connectivity index (χ0) is 22.0. The van der Waals surface area contributed by atoms with Gasteiger partial charge < -0.3 is 14.6 Å². The monoisotopic (exact) mass is 445 g/mol. The van der Waals surface area contributed by atoms with Crippen LogP contribution in [0, 0.1) is 13.8 Å². The number of thiocarbonyl (C=S) groups is 1. The molecule has 9 heteroatoms. The summed E-state index contributed by atoms with van der Waals surface area (Å²) in [6.07, 6.45) is 0.895. The summed E-state index contributed by atoms with van der Waals surface area (Å²) >= 11 is 6.14. The Labute approximate surface area is 182 Å². The Morgan fingerprint density at radius 1 is 1.20 bits per heavy atom. The molecule has 2 N–H and O–H groups in total. The van der Waals surface area contributed by atoms with Gasteiger partial charge in [-0.25, -0.2) is 4.79 Å². The van der Waals surface area contributed by atoms with Crippen molar-refractivity contribution >= 4 is 52.2 Å². The molecule has 1 aliphatic heterocycles. The number of rotatable bonds is 7. The molecule has 0 radical (unpaired) electrons. The molecule has 30 heavy (non-hydrogen) atoms. The van der Waals surface area contributed by atoms with Crippen molar-refractivity contribution in [2.45, 2.75) is 32.7 Å². The molecule has 0 bridgehead atoms. The number of nitrogens with zero attached hydrogens (tertiary/aromatic N) is 1. The van der Waals surface area contributed by atoms with E-state index >= 15 is 0 Å². The first-order valence-electron chi connectivity index (χ1n) is 9.06. The number of furan rings is 1. The maximum Gasteiger partial charge on any atom is 0.326 e. The van der Waals surface area contributed by atoms with Crippen LogP contribution in [0.15, 0.2) is 39.7 Å². The lowest BCUT2D eigenvalue weighted by atomic mass is 10.1. The third-order valence-corrected chi connectivity index (χ3v) is 6.07. The smallest absolute Gasteiger partial charge is 0.326 e. The number of carbonyl (C=O) groups is 3. The fraction of sp³-hybridized carbons (Fsp3) is 0.238. The molecule has 0 aliphatic carbocycles. The van der Waals surface area contributed by atoms with Gasteiger partial charge in [0, 0.05) is 18.1 Å². The Morgan fingerprint density at radius 2 is 1.93 bits per heavy atom. The van der Waals surface area contributed by atoms with Gasteiger partial charge in [0.15, 0.2) is 0 Å². The number of benzene rings is 1. The molecule has 3 rings (SSSR count). The molecule has 7 nitrogen and oxygen atoms in total. The number of thioether (sulfide) groups is 1. The lowest BCUT2D eigenvalue weighted by molar-refractivity contribution is -0.146. The molecule has 0 saturated carbocycles. The molecule has 0 spiro atoms. The van der Waals surface area contributed by atoms with Crippen LogP contribution in [0.25, 0.3) is 17.4 Å². The van der Waals surface area contributed by atoms with Crippen LogP contribution in [0.4, 0.5) is 0 Å². The summed E-state index contributed by atoms with van der Waals surface area (Å²) in [6, 6.07) is 8.14. The van der Waals surface area contributed by atoms with E-state index in [1.165, 1.54) is 11.6 Å². The average molecular weight is 446 g/mol. The second-order valence-electron chi connectivity index (χ2n) is 6.84. The van der Waals surface area contributed by atoms with Crippen molar-refractivity contribution in [2.75, 3.05) is 0 Å². The zero-order valence-electron chi connectivity index (χ0n) is 16.2. The van der Waals surface area contributed by atoms with E-state index in [2.05, 4.69) is 0 Å². The summed E-state index contributed by atoms with van der Waals surface area (Å²) in [6.45, 7) is 4.03. The third kappa shape index (κ3) is 4.63. The molecule has 2 heterocycles. The minimum atomic E-state index is -1.33. The largest absolute Gasteiger partial charge is 0.481 e. The predicted molar refractivity (Wildman–Crippen MR) is 117 cm³/mol. The van der Waals surface area contributed by atoms with Crippen molar-refractivity contribution < 1.29 is 29.0 Å². The van der Waals surface area contributed by atoms with Crippen molar-refractivity contribution in [1.29, 1.82) is 0 Å². The number of hydrogen-bond donors (Lipinski definition) is 2. The molecule has 1 atom stereocenters. The molecule has 1 aliphatic rings. The van der Waals surface area contributed by atoms with Gasteiger partial charge >= 0.3 is 11.9 Å². The SMILES string of the molecule is Cc1ccc(-c2ccc(/C=C3\SC(=S)N(C(CCC(=O)O)C(=O)O)C3=O)o2)cc1C. The van der Waals surface area contributed by atoms with Gasteiger partial charge in [-0.05, 0) is 49.6 Å². The Kier molecular flexibility index (Phi) is 6.42. The van der Waals surface area contributed by atoms with Gasteiger partial charge in [0.2, 0.25) is 0 Å². The Hall–Kier alpha value is -2.91. The van der Waals surface area contributed by atoms with Crippen LogP contribution in [-0.2, 0) is 14.4 Å².